The summed E-state index contributed by atoms with van der Waals surface area (Å²) in [6, 6.07) is 0. The van der Waals surface area contributed by atoms with Gasteiger partial charge in [-0.25, -0.2) is 4.98 Å². The molecule has 0 radical (unpaired) electrons. The number of aromatic nitrogens is 2. The largest absolute Gasteiger partial charge is 0.367 e. The van der Waals surface area contributed by atoms with E-state index in [1.54, 1.807) is 0 Å². The molecular formula is C16H24N2O2. The molecular weight excluding hydrogens is 252 g/mol. The Morgan fingerprint density at radius 1 is 1.15 bits per heavy atom. The van der Waals surface area contributed by atoms with Crippen LogP contribution >= 0.6 is 0 Å². The van der Waals surface area contributed by atoms with Crippen LogP contribution in [0.15, 0.2) is 4.79 Å². The molecule has 0 aliphatic heterocycles. The molecule has 0 bridgehead atoms. The highest BCUT2D eigenvalue weighted by atomic mass is 16.5. The standard InChI is InChI=1S/C16H24N2O2/c1-2-20-16(10-6-3-7-11-16)15-17-13-9-5-4-8-12(13)14(19)18-15/h2-11H2,1H3,(H,17,18,19). The summed E-state index contributed by atoms with van der Waals surface area (Å²) < 4.78 is 6.07. The Balaban J connectivity index is 2.03. The van der Waals surface area contributed by atoms with Crippen molar-refractivity contribution in [3.63, 3.8) is 0 Å². The summed E-state index contributed by atoms with van der Waals surface area (Å²) in [5.74, 6) is 0.782. The van der Waals surface area contributed by atoms with Crippen LogP contribution in [0.5, 0.6) is 0 Å². The summed E-state index contributed by atoms with van der Waals surface area (Å²) in [6.45, 7) is 2.69. The highest BCUT2D eigenvalue weighted by Gasteiger charge is 2.37. The van der Waals surface area contributed by atoms with Gasteiger partial charge in [0.1, 0.15) is 11.4 Å². The number of rotatable bonds is 3. The molecule has 110 valence electrons. The van der Waals surface area contributed by atoms with Crippen LogP contribution in [0.1, 0.15) is 69.0 Å². The highest BCUT2D eigenvalue weighted by molar-refractivity contribution is 5.22. The number of aryl methyl sites for hydroxylation is 1. The summed E-state index contributed by atoms with van der Waals surface area (Å²) >= 11 is 0. The van der Waals surface area contributed by atoms with Crippen LogP contribution in [0.3, 0.4) is 0 Å². The van der Waals surface area contributed by atoms with Crippen molar-refractivity contribution in [2.75, 3.05) is 6.61 Å². The van der Waals surface area contributed by atoms with E-state index >= 15 is 0 Å². The van der Waals surface area contributed by atoms with E-state index in [1.807, 2.05) is 6.92 Å². The van der Waals surface area contributed by atoms with Crippen LogP contribution in [0, 0.1) is 0 Å². The predicted octanol–water partition coefficient (Wildman–Crippen LogP) is 2.84. The van der Waals surface area contributed by atoms with Crippen LogP contribution in [0.25, 0.3) is 0 Å². The van der Waals surface area contributed by atoms with Gasteiger partial charge in [0.15, 0.2) is 0 Å². The van der Waals surface area contributed by atoms with Gasteiger partial charge >= 0.3 is 0 Å². The Morgan fingerprint density at radius 2 is 1.90 bits per heavy atom. The third kappa shape index (κ3) is 2.41. The number of aromatic amines is 1. The first kappa shape index (κ1) is 13.8. The SMILES string of the molecule is CCOC1(c2nc3c(c(=O)[nH]2)CCCC3)CCCCC1. The van der Waals surface area contributed by atoms with E-state index in [2.05, 4.69) is 4.98 Å². The minimum absolute atomic E-state index is 0.0642. The second kappa shape index (κ2) is 5.68. The first-order valence-corrected chi connectivity index (χ1v) is 8.02. The van der Waals surface area contributed by atoms with Gasteiger partial charge in [-0.1, -0.05) is 19.3 Å². The Kier molecular flexibility index (Phi) is 3.92. The Hall–Kier alpha value is -1.16. The molecule has 4 heteroatoms. The fraction of sp³-hybridized carbons (Fsp3) is 0.750. The molecule has 1 saturated carbocycles. The number of ether oxygens (including phenoxy) is 1. The lowest BCUT2D eigenvalue weighted by Gasteiger charge is -2.36. The highest BCUT2D eigenvalue weighted by Crippen LogP contribution is 2.38. The maximum absolute atomic E-state index is 12.3. The van der Waals surface area contributed by atoms with E-state index < -0.39 is 0 Å². The molecule has 0 saturated heterocycles. The summed E-state index contributed by atoms with van der Waals surface area (Å²) in [4.78, 5) is 20.2. The van der Waals surface area contributed by atoms with Crippen LogP contribution in [0.4, 0.5) is 0 Å². The normalized spacial score (nSPS) is 21.4. The fourth-order valence-electron chi connectivity index (χ4n) is 3.67. The van der Waals surface area contributed by atoms with Gasteiger partial charge in [-0.2, -0.15) is 0 Å². The van der Waals surface area contributed by atoms with Gasteiger partial charge in [-0.05, 0) is 45.4 Å². The number of hydrogen-bond donors (Lipinski definition) is 1. The molecule has 2 aliphatic carbocycles. The van der Waals surface area contributed by atoms with Crippen molar-refractivity contribution in [1.82, 2.24) is 9.97 Å². The zero-order valence-electron chi connectivity index (χ0n) is 12.3. The van der Waals surface area contributed by atoms with Gasteiger partial charge in [-0.3, -0.25) is 4.79 Å². The number of hydrogen-bond acceptors (Lipinski definition) is 3. The molecule has 0 aromatic carbocycles. The van der Waals surface area contributed by atoms with Crippen molar-refractivity contribution in [2.24, 2.45) is 0 Å². The van der Waals surface area contributed by atoms with Crippen molar-refractivity contribution in [3.05, 3.63) is 27.4 Å². The average Bonchev–Trinajstić information content (AvgIpc) is 2.48. The van der Waals surface area contributed by atoms with E-state index in [4.69, 9.17) is 9.72 Å². The number of H-pyrrole nitrogens is 1. The van der Waals surface area contributed by atoms with Crippen molar-refractivity contribution < 1.29 is 4.74 Å². The lowest BCUT2D eigenvalue weighted by Crippen LogP contribution is -2.37. The maximum atomic E-state index is 12.3. The van der Waals surface area contributed by atoms with E-state index in [-0.39, 0.29) is 11.2 Å². The van der Waals surface area contributed by atoms with Crippen LogP contribution in [-0.4, -0.2) is 16.6 Å². The van der Waals surface area contributed by atoms with E-state index in [0.717, 1.165) is 68.4 Å². The second-order valence-corrected chi connectivity index (χ2v) is 6.03. The second-order valence-electron chi connectivity index (χ2n) is 6.03. The third-order valence-corrected chi connectivity index (χ3v) is 4.70. The molecule has 3 rings (SSSR count). The minimum atomic E-state index is -0.349. The number of nitrogens with zero attached hydrogens (tertiary/aromatic N) is 1. The topological polar surface area (TPSA) is 55.0 Å². The smallest absolute Gasteiger partial charge is 0.254 e. The fourth-order valence-corrected chi connectivity index (χ4v) is 3.67. The zero-order valence-corrected chi connectivity index (χ0v) is 12.3. The van der Waals surface area contributed by atoms with Gasteiger partial charge < -0.3 is 9.72 Å². The van der Waals surface area contributed by atoms with E-state index in [0.29, 0.717) is 6.61 Å². The van der Waals surface area contributed by atoms with Crippen molar-refractivity contribution in [1.29, 1.82) is 0 Å². The zero-order chi connectivity index (χ0) is 14.0. The molecule has 0 atom stereocenters. The molecule has 1 aromatic heterocycles. The molecule has 2 aliphatic rings. The van der Waals surface area contributed by atoms with Gasteiger partial charge in [0.05, 0.1) is 5.69 Å². The molecule has 1 fully saturated rings. The molecule has 0 unspecified atom stereocenters. The Bertz CT molecular complexity index is 524. The van der Waals surface area contributed by atoms with Gasteiger partial charge in [0.2, 0.25) is 0 Å². The molecule has 20 heavy (non-hydrogen) atoms. The van der Waals surface area contributed by atoms with E-state index in [9.17, 15) is 4.79 Å². The molecule has 4 nitrogen and oxygen atoms in total. The van der Waals surface area contributed by atoms with Crippen molar-refractivity contribution in [2.45, 2.75) is 70.3 Å². The first-order valence-electron chi connectivity index (χ1n) is 8.02. The molecule has 0 spiro atoms. The van der Waals surface area contributed by atoms with Crippen LogP contribution < -0.4 is 5.56 Å². The molecule has 1 N–H and O–H groups in total. The van der Waals surface area contributed by atoms with Gasteiger partial charge in [0.25, 0.3) is 5.56 Å². The summed E-state index contributed by atoms with van der Waals surface area (Å²) in [5, 5.41) is 0. The van der Waals surface area contributed by atoms with Crippen molar-refractivity contribution in [3.8, 4) is 0 Å². The number of fused-ring (bicyclic) bond motifs is 1. The number of nitrogens with one attached hydrogen (secondary N) is 1. The summed E-state index contributed by atoms with van der Waals surface area (Å²) in [6.07, 6.45) is 9.57. The predicted molar refractivity (Wildman–Crippen MR) is 77.9 cm³/mol. The van der Waals surface area contributed by atoms with Gasteiger partial charge in [-0.15, -0.1) is 0 Å². The Labute approximate surface area is 120 Å². The lowest BCUT2D eigenvalue weighted by atomic mass is 9.83. The molecule has 1 aromatic rings. The lowest BCUT2D eigenvalue weighted by molar-refractivity contribution is -0.0770. The van der Waals surface area contributed by atoms with E-state index in [1.165, 1.54) is 6.42 Å². The van der Waals surface area contributed by atoms with Gasteiger partial charge in [0, 0.05) is 12.2 Å². The third-order valence-electron chi connectivity index (χ3n) is 4.70. The molecule has 0 amide bonds. The summed E-state index contributed by atoms with van der Waals surface area (Å²) in [7, 11) is 0. The van der Waals surface area contributed by atoms with Crippen molar-refractivity contribution >= 4 is 0 Å². The molecule has 1 heterocycles. The van der Waals surface area contributed by atoms with Crippen LogP contribution in [0.2, 0.25) is 0 Å². The average molecular weight is 276 g/mol. The minimum Gasteiger partial charge on any atom is -0.367 e. The monoisotopic (exact) mass is 276 g/mol. The maximum Gasteiger partial charge on any atom is 0.254 e. The first-order chi connectivity index (χ1) is 9.75. The van der Waals surface area contributed by atoms with Crippen LogP contribution in [-0.2, 0) is 23.2 Å². The quantitative estimate of drug-likeness (QED) is 0.923. The summed E-state index contributed by atoms with van der Waals surface area (Å²) in [5.41, 5.74) is 1.63. The Morgan fingerprint density at radius 3 is 2.65 bits per heavy atom.